The molecule has 3 aromatic carbocycles. The summed E-state index contributed by atoms with van der Waals surface area (Å²) < 4.78 is 0. The van der Waals surface area contributed by atoms with Gasteiger partial charge in [0.05, 0.1) is 18.7 Å². The summed E-state index contributed by atoms with van der Waals surface area (Å²) in [5.41, 5.74) is 3.29. The van der Waals surface area contributed by atoms with Crippen molar-refractivity contribution in [3.63, 3.8) is 0 Å². The lowest BCUT2D eigenvalue weighted by Gasteiger charge is -2.23. The first-order chi connectivity index (χ1) is 14.7. The van der Waals surface area contributed by atoms with E-state index in [0.717, 1.165) is 22.3 Å². The van der Waals surface area contributed by atoms with Crippen LogP contribution in [0.5, 0.6) is 0 Å². The zero-order valence-electron chi connectivity index (χ0n) is 17.8. The predicted molar refractivity (Wildman–Crippen MR) is 123 cm³/mol. The Morgan fingerprint density at radius 2 is 1.74 bits per heavy atom. The van der Waals surface area contributed by atoms with Crippen LogP contribution in [0.4, 0.5) is 5.69 Å². The first kappa shape index (κ1) is 21.3. The number of rotatable bonds is 5. The van der Waals surface area contributed by atoms with Crippen LogP contribution in [0.25, 0.3) is 0 Å². The zero-order chi connectivity index (χ0) is 22.3. The summed E-state index contributed by atoms with van der Waals surface area (Å²) in [6.45, 7) is 6.04. The Morgan fingerprint density at radius 3 is 2.48 bits per heavy atom. The second-order valence-corrected chi connectivity index (χ2v) is 8.69. The summed E-state index contributed by atoms with van der Waals surface area (Å²) in [7, 11) is 0. The summed E-state index contributed by atoms with van der Waals surface area (Å²) in [4.78, 5) is 28.2. The standard InChI is InChI=1S/C26H24ClNO3/c1-16-8-9-18(3)21(12-16)24(29)14-26(31)22-13-20(27)10-11-23(22)28(25(26)30)15-19-7-5-4-6-17(19)2/h4-13,31H,14-15H2,1-3H3/t26-/m0/s1. The molecular formula is C26H24ClNO3. The molecule has 0 saturated carbocycles. The highest BCUT2D eigenvalue weighted by Crippen LogP contribution is 2.45. The van der Waals surface area contributed by atoms with Gasteiger partial charge in [0.25, 0.3) is 5.91 Å². The van der Waals surface area contributed by atoms with Gasteiger partial charge >= 0.3 is 0 Å². The Kier molecular flexibility index (Phi) is 5.46. The van der Waals surface area contributed by atoms with Crippen molar-refractivity contribution >= 4 is 29.0 Å². The molecule has 158 valence electrons. The number of anilines is 1. The molecule has 0 radical (unpaired) electrons. The van der Waals surface area contributed by atoms with E-state index in [-0.39, 0.29) is 12.2 Å². The second kappa shape index (κ2) is 7.95. The van der Waals surface area contributed by atoms with Crippen LogP contribution >= 0.6 is 11.6 Å². The van der Waals surface area contributed by atoms with Gasteiger partial charge in [-0.15, -0.1) is 0 Å². The average Bonchev–Trinajstić information content (AvgIpc) is 2.92. The lowest BCUT2D eigenvalue weighted by atomic mass is 9.87. The molecule has 0 bridgehead atoms. The molecule has 3 aromatic rings. The zero-order valence-corrected chi connectivity index (χ0v) is 18.5. The molecule has 0 fully saturated rings. The molecule has 31 heavy (non-hydrogen) atoms. The van der Waals surface area contributed by atoms with E-state index in [9.17, 15) is 14.7 Å². The Labute approximate surface area is 187 Å². The third-order valence-corrected chi connectivity index (χ3v) is 6.23. The normalized spacial score (nSPS) is 17.7. The fourth-order valence-electron chi connectivity index (χ4n) is 4.17. The quantitative estimate of drug-likeness (QED) is 0.557. The minimum absolute atomic E-state index is 0.277. The molecule has 0 aliphatic carbocycles. The number of aliphatic hydroxyl groups is 1. The lowest BCUT2D eigenvalue weighted by molar-refractivity contribution is -0.136. The van der Waals surface area contributed by atoms with Crippen LogP contribution in [-0.2, 0) is 16.9 Å². The molecule has 0 saturated heterocycles. The number of halogens is 1. The van der Waals surface area contributed by atoms with Crippen LogP contribution in [0.3, 0.4) is 0 Å². The predicted octanol–water partition coefficient (Wildman–Crippen LogP) is 5.27. The molecule has 1 N–H and O–H groups in total. The SMILES string of the molecule is Cc1ccc(C)c(C(=O)C[C@@]2(O)C(=O)N(Cc3ccccc3C)c3ccc(Cl)cc32)c1. The third kappa shape index (κ3) is 3.78. The number of benzene rings is 3. The molecule has 0 aromatic heterocycles. The number of ketones is 1. The smallest absolute Gasteiger partial charge is 0.264 e. The summed E-state index contributed by atoms with van der Waals surface area (Å²) in [5, 5.41) is 12.0. The van der Waals surface area contributed by atoms with Gasteiger partial charge in [-0.2, -0.15) is 0 Å². The van der Waals surface area contributed by atoms with Crippen LogP contribution in [0.15, 0.2) is 60.7 Å². The van der Waals surface area contributed by atoms with E-state index in [1.54, 1.807) is 29.2 Å². The molecular weight excluding hydrogens is 410 g/mol. The molecule has 1 aliphatic rings. The highest BCUT2D eigenvalue weighted by molar-refractivity contribution is 6.31. The first-order valence-electron chi connectivity index (χ1n) is 10.2. The number of carbonyl (C=O) groups is 2. The lowest BCUT2D eigenvalue weighted by Crippen LogP contribution is -2.41. The number of nitrogens with zero attached hydrogens (tertiary/aromatic N) is 1. The highest BCUT2D eigenvalue weighted by Gasteiger charge is 2.51. The van der Waals surface area contributed by atoms with E-state index in [4.69, 9.17) is 11.6 Å². The molecule has 1 atom stereocenters. The van der Waals surface area contributed by atoms with Crippen LogP contribution in [0.1, 0.15) is 44.6 Å². The van der Waals surface area contributed by atoms with Crippen molar-refractivity contribution in [2.75, 3.05) is 4.90 Å². The van der Waals surface area contributed by atoms with E-state index < -0.39 is 11.5 Å². The van der Waals surface area contributed by atoms with E-state index in [2.05, 4.69) is 0 Å². The number of hydrogen-bond donors (Lipinski definition) is 1. The van der Waals surface area contributed by atoms with Gasteiger partial charge in [-0.1, -0.05) is 53.6 Å². The van der Waals surface area contributed by atoms with Gasteiger partial charge in [0.1, 0.15) is 0 Å². The van der Waals surface area contributed by atoms with E-state index >= 15 is 0 Å². The van der Waals surface area contributed by atoms with Gasteiger partial charge in [-0.25, -0.2) is 0 Å². The van der Waals surface area contributed by atoms with Crippen molar-refractivity contribution in [3.05, 3.63) is 99.1 Å². The monoisotopic (exact) mass is 433 g/mol. The number of fused-ring (bicyclic) bond motifs is 1. The fraction of sp³-hybridized carbons (Fsp3) is 0.231. The molecule has 1 aliphatic heterocycles. The summed E-state index contributed by atoms with van der Waals surface area (Å²) in [6, 6.07) is 18.4. The summed E-state index contributed by atoms with van der Waals surface area (Å²) in [6.07, 6.45) is -0.340. The number of carbonyl (C=O) groups excluding carboxylic acids is 2. The van der Waals surface area contributed by atoms with Gasteiger partial charge in [-0.3, -0.25) is 9.59 Å². The maximum absolute atomic E-state index is 13.5. The molecule has 4 rings (SSSR count). The van der Waals surface area contributed by atoms with Gasteiger partial charge in [0, 0.05) is 16.1 Å². The minimum atomic E-state index is -1.96. The minimum Gasteiger partial charge on any atom is -0.375 e. The van der Waals surface area contributed by atoms with E-state index in [1.807, 2.05) is 57.2 Å². The largest absolute Gasteiger partial charge is 0.375 e. The van der Waals surface area contributed by atoms with Crippen LogP contribution in [0, 0.1) is 20.8 Å². The Balaban J connectivity index is 1.74. The Morgan fingerprint density at radius 1 is 1.00 bits per heavy atom. The summed E-state index contributed by atoms with van der Waals surface area (Å²) >= 11 is 6.21. The van der Waals surface area contributed by atoms with E-state index in [1.165, 1.54) is 0 Å². The van der Waals surface area contributed by atoms with Gasteiger partial charge in [-0.05, 0) is 61.7 Å². The van der Waals surface area contributed by atoms with Gasteiger partial charge in [0.15, 0.2) is 11.4 Å². The molecule has 4 nitrogen and oxygen atoms in total. The number of aryl methyl sites for hydroxylation is 3. The number of hydrogen-bond acceptors (Lipinski definition) is 3. The van der Waals surface area contributed by atoms with Crippen molar-refractivity contribution in [3.8, 4) is 0 Å². The van der Waals surface area contributed by atoms with Crippen molar-refractivity contribution in [1.82, 2.24) is 0 Å². The maximum atomic E-state index is 13.5. The third-order valence-electron chi connectivity index (χ3n) is 5.99. The van der Waals surface area contributed by atoms with Gasteiger partial charge < -0.3 is 10.0 Å². The van der Waals surface area contributed by atoms with Crippen LogP contribution in [-0.4, -0.2) is 16.8 Å². The van der Waals surface area contributed by atoms with Crippen molar-refractivity contribution in [2.45, 2.75) is 39.3 Å². The van der Waals surface area contributed by atoms with Gasteiger partial charge in [0.2, 0.25) is 0 Å². The van der Waals surface area contributed by atoms with Crippen molar-refractivity contribution in [1.29, 1.82) is 0 Å². The van der Waals surface area contributed by atoms with Crippen molar-refractivity contribution < 1.29 is 14.7 Å². The van der Waals surface area contributed by atoms with Crippen LogP contribution < -0.4 is 4.90 Å². The maximum Gasteiger partial charge on any atom is 0.264 e. The molecule has 0 unspecified atom stereocenters. The first-order valence-corrected chi connectivity index (χ1v) is 10.6. The Hall–Kier alpha value is -2.95. The average molecular weight is 434 g/mol. The summed E-state index contributed by atoms with van der Waals surface area (Å²) in [5.74, 6) is -0.785. The topological polar surface area (TPSA) is 57.6 Å². The number of amides is 1. The fourth-order valence-corrected chi connectivity index (χ4v) is 4.34. The molecule has 5 heteroatoms. The second-order valence-electron chi connectivity index (χ2n) is 8.26. The Bertz CT molecular complexity index is 1200. The number of Topliss-reactive ketones (excluding diaryl/α,β-unsaturated/α-hetero) is 1. The molecule has 0 spiro atoms. The molecule has 1 amide bonds. The van der Waals surface area contributed by atoms with E-state index in [0.29, 0.717) is 28.4 Å². The van der Waals surface area contributed by atoms with Crippen LogP contribution in [0.2, 0.25) is 5.02 Å². The molecule has 1 heterocycles. The highest BCUT2D eigenvalue weighted by atomic mass is 35.5. The van der Waals surface area contributed by atoms with Crippen molar-refractivity contribution in [2.24, 2.45) is 0 Å².